The van der Waals surface area contributed by atoms with Gasteiger partial charge in [-0.2, -0.15) is 13.2 Å². The Bertz CT molecular complexity index is 1120. The number of ketones is 1. The van der Waals surface area contributed by atoms with E-state index in [1.54, 1.807) is 12.3 Å². The number of nitrogens with zero attached hydrogens (tertiary/aromatic N) is 2. The Morgan fingerprint density at radius 3 is 2.65 bits per heavy atom. The molecule has 2 N–H and O–H groups in total. The molecule has 0 amide bonds. The van der Waals surface area contributed by atoms with E-state index in [1.165, 1.54) is 19.1 Å². The minimum Gasteiger partial charge on any atom is -0.314 e. The van der Waals surface area contributed by atoms with Gasteiger partial charge in [0, 0.05) is 17.8 Å². The summed E-state index contributed by atoms with van der Waals surface area (Å²) in [6, 6.07) is 6.94. The van der Waals surface area contributed by atoms with Crippen molar-refractivity contribution in [2.45, 2.75) is 51.7 Å². The molecule has 1 aromatic heterocycles. The second-order valence-electron chi connectivity index (χ2n) is 8.32. The highest BCUT2D eigenvalue weighted by molar-refractivity contribution is 6.35. The highest BCUT2D eigenvalue weighted by atomic mass is 35.5. The average Bonchev–Trinajstić information content (AvgIpc) is 2.77. The number of amidine groups is 1. The lowest BCUT2D eigenvalue weighted by Crippen LogP contribution is -2.35. The quantitative estimate of drug-likeness (QED) is 0.219. The van der Waals surface area contributed by atoms with Crippen LogP contribution in [-0.2, 0) is 6.18 Å². The summed E-state index contributed by atoms with van der Waals surface area (Å²) in [5.74, 6) is -0.645. The summed E-state index contributed by atoms with van der Waals surface area (Å²) in [7, 11) is 0. The van der Waals surface area contributed by atoms with Gasteiger partial charge >= 0.3 is 6.18 Å². The van der Waals surface area contributed by atoms with Gasteiger partial charge in [-0.1, -0.05) is 30.2 Å². The number of alkyl halides is 3. The van der Waals surface area contributed by atoms with E-state index in [1.807, 2.05) is 13.0 Å². The minimum absolute atomic E-state index is 0.0180. The first-order valence-electron chi connectivity index (χ1n) is 11.0. The largest absolute Gasteiger partial charge is 0.417 e. The second-order valence-corrected chi connectivity index (χ2v) is 8.69. The van der Waals surface area contributed by atoms with Crippen molar-refractivity contribution in [2.75, 3.05) is 6.54 Å². The Labute approximate surface area is 201 Å². The molecule has 0 radical (unpaired) electrons. The van der Waals surface area contributed by atoms with Gasteiger partial charge in [0.05, 0.1) is 22.0 Å². The van der Waals surface area contributed by atoms with Gasteiger partial charge in [-0.15, -0.1) is 0 Å². The van der Waals surface area contributed by atoms with Gasteiger partial charge in [0.1, 0.15) is 5.84 Å². The molecule has 1 aromatic carbocycles. The van der Waals surface area contributed by atoms with Crippen molar-refractivity contribution >= 4 is 28.9 Å². The lowest BCUT2D eigenvalue weighted by Gasteiger charge is -2.25. The molecule has 1 atom stereocenters. The van der Waals surface area contributed by atoms with Crippen LogP contribution < -0.4 is 5.32 Å². The molecule has 2 aromatic rings. The van der Waals surface area contributed by atoms with Crippen LogP contribution in [0.5, 0.6) is 0 Å². The number of aryl methyl sites for hydroxylation is 1. The molecular weight excluding hydrogens is 465 g/mol. The van der Waals surface area contributed by atoms with Crippen molar-refractivity contribution in [3.8, 4) is 0 Å². The van der Waals surface area contributed by atoms with Crippen LogP contribution in [0.3, 0.4) is 0 Å². The van der Waals surface area contributed by atoms with Crippen LogP contribution in [0.1, 0.15) is 59.8 Å². The topological polar surface area (TPSA) is 78.2 Å². The molecule has 0 spiro atoms. The molecule has 1 aliphatic rings. The van der Waals surface area contributed by atoms with Gasteiger partial charge < -0.3 is 5.32 Å². The Morgan fingerprint density at radius 1 is 1.29 bits per heavy atom. The SMILES string of the molecule is CC(=N)N=C(/C(=C/C(=O)c1cccc(C(F)(F)F)c1Cl)CC1CCCCN1)c1ccc(C)cn1. The number of carbonyl (C=O) groups excluding carboxylic acids is 1. The second kappa shape index (κ2) is 11.1. The van der Waals surface area contributed by atoms with E-state index >= 15 is 0 Å². The summed E-state index contributed by atoms with van der Waals surface area (Å²) >= 11 is 6.00. The van der Waals surface area contributed by atoms with Crippen molar-refractivity contribution in [2.24, 2.45) is 4.99 Å². The summed E-state index contributed by atoms with van der Waals surface area (Å²) < 4.78 is 40.0. The van der Waals surface area contributed by atoms with Crippen molar-refractivity contribution in [1.29, 1.82) is 5.41 Å². The highest BCUT2D eigenvalue weighted by Gasteiger charge is 2.34. The van der Waals surface area contributed by atoms with Gasteiger partial charge in [0.15, 0.2) is 5.78 Å². The summed E-state index contributed by atoms with van der Waals surface area (Å²) in [5.41, 5.74) is 0.932. The lowest BCUT2D eigenvalue weighted by atomic mass is 9.92. The van der Waals surface area contributed by atoms with Gasteiger partial charge in [-0.05, 0) is 75.1 Å². The molecule has 3 rings (SSSR count). The predicted octanol–water partition coefficient (Wildman–Crippen LogP) is 6.19. The minimum atomic E-state index is -4.68. The fraction of sp³-hybridized carbons (Fsp3) is 0.360. The number of carbonyl (C=O) groups is 1. The first kappa shape index (κ1) is 25.8. The maximum Gasteiger partial charge on any atom is 0.417 e. The zero-order valence-corrected chi connectivity index (χ0v) is 19.7. The zero-order valence-electron chi connectivity index (χ0n) is 19.0. The molecule has 1 aliphatic heterocycles. The van der Waals surface area contributed by atoms with Crippen molar-refractivity contribution < 1.29 is 18.0 Å². The van der Waals surface area contributed by atoms with E-state index in [0.717, 1.165) is 43.5 Å². The highest BCUT2D eigenvalue weighted by Crippen LogP contribution is 2.36. The number of hydrogen-bond acceptors (Lipinski definition) is 4. The van der Waals surface area contributed by atoms with Crippen LogP contribution in [0.15, 0.2) is 53.2 Å². The van der Waals surface area contributed by atoms with Gasteiger partial charge in [0.2, 0.25) is 0 Å². The van der Waals surface area contributed by atoms with Crippen LogP contribution in [0, 0.1) is 12.3 Å². The van der Waals surface area contributed by atoms with E-state index in [-0.39, 0.29) is 17.4 Å². The summed E-state index contributed by atoms with van der Waals surface area (Å²) in [4.78, 5) is 22.0. The molecule has 0 bridgehead atoms. The number of hydrogen-bond donors (Lipinski definition) is 2. The van der Waals surface area contributed by atoms with E-state index in [9.17, 15) is 18.0 Å². The smallest absolute Gasteiger partial charge is 0.314 e. The van der Waals surface area contributed by atoms with Crippen molar-refractivity contribution in [3.05, 3.63) is 75.6 Å². The number of piperidine rings is 1. The maximum atomic E-state index is 13.3. The van der Waals surface area contributed by atoms with E-state index in [2.05, 4.69) is 15.3 Å². The molecule has 0 saturated carbocycles. The molecule has 34 heavy (non-hydrogen) atoms. The van der Waals surface area contributed by atoms with E-state index in [0.29, 0.717) is 23.4 Å². The van der Waals surface area contributed by atoms with Crippen molar-refractivity contribution in [3.63, 3.8) is 0 Å². The number of nitrogens with one attached hydrogen (secondary N) is 2. The van der Waals surface area contributed by atoms with E-state index < -0.39 is 22.5 Å². The lowest BCUT2D eigenvalue weighted by molar-refractivity contribution is -0.137. The van der Waals surface area contributed by atoms with Gasteiger partial charge in [-0.25, -0.2) is 4.99 Å². The third-order valence-corrected chi connectivity index (χ3v) is 5.90. The van der Waals surface area contributed by atoms with Gasteiger partial charge in [0.25, 0.3) is 0 Å². The standard InChI is InChI=1S/C25H26ClF3N4O/c1-15-9-10-21(32-14-15)24(33-16(2)30)17(12-18-6-3-4-11-31-18)13-22(34)19-7-5-8-20(23(19)26)25(27,28)29/h5,7-10,13-14,18,30-31H,3-4,6,11-12H2,1-2H3/b17-13+,30-16?,33-24?. The first-order chi connectivity index (χ1) is 16.1. The third kappa shape index (κ3) is 6.61. The van der Waals surface area contributed by atoms with Crippen molar-refractivity contribution in [1.82, 2.24) is 10.3 Å². The summed E-state index contributed by atoms with van der Waals surface area (Å²) in [5, 5.41) is 10.7. The maximum absolute atomic E-state index is 13.3. The molecule has 9 heteroatoms. The number of aromatic nitrogens is 1. The van der Waals surface area contributed by atoms with E-state index in [4.69, 9.17) is 17.0 Å². The molecule has 5 nitrogen and oxygen atoms in total. The number of halogens is 4. The summed E-state index contributed by atoms with van der Waals surface area (Å²) in [6.07, 6.45) is 1.62. The molecule has 1 fully saturated rings. The Kier molecular flexibility index (Phi) is 8.38. The Balaban J connectivity index is 2.10. The summed E-state index contributed by atoms with van der Waals surface area (Å²) in [6.45, 7) is 4.23. The van der Waals surface area contributed by atoms with Gasteiger partial charge in [-0.3, -0.25) is 15.2 Å². The third-order valence-electron chi connectivity index (χ3n) is 5.49. The fourth-order valence-corrected chi connectivity index (χ4v) is 4.16. The Morgan fingerprint density at radius 2 is 2.06 bits per heavy atom. The van der Waals surface area contributed by atoms with Crippen LogP contribution in [-0.4, -0.2) is 34.9 Å². The first-order valence-corrected chi connectivity index (χ1v) is 11.4. The molecule has 1 saturated heterocycles. The molecule has 1 unspecified atom stereocenters. The number of benzene rings is 1. The normalized spacial score (nSPS) is 17.5. The molecular formula is C25H26ClF3N4O. The molecule has 2 heterocycles. The zero-order chi connectivity index (χ0) is 24.9. The average molecular weight is 491 g/mol. The van der Waals surface area contributed by atoms with Crippen LogP contribution in [0.4, 0.5) is 13.2 Å². The fourth-order valence-electron chi connectivity index (χ4n) is 3.83. The molecule has 0 aliphatic carbocycles. The number of allylic oxidation sites excluding steroid dienone is 1. The number of pyridine rings is 1. The predicted molar refractivity (Wildman–Crippen MR) is 128 cm³/mol. The molecule has 180 valence electrons. The number of aliphatic imine (C=N–C) groups is 1. The van der Waals surface area contributed by atoms with Crippen LogP contribution in [0.2, 0.25) is 5.02 Å². The van der Waals surface area contributed by atoms with Crippen LogP contribution in [0.25, 0.3) is 0 Å². The van der Waals surface area contributed by atoms with Crippen LogP contribution >= 0.6 is 11.6 Å². The number of rotatable bonds is 6. The monoisotopic (exact) mass is 490 g/mol. The Hall–Kier alpha value is -2.84.